The smallest absolute Gasteiger partial charge is 0.196 e. The number of Topliss-reactive ketones (excluding diaryl/α,β-unsaturated/α-hetero) is 1. The van der Waals surface area contributed by atoms with E-state index in [-0.39, 0.29) is 23.6 Å². The van der Waals surface area contributed by atoms with Gasteiger partial charge in [0.2, 0.25) is 0 Å². The number of hydrogen-bond donors (Lipinski definition) is 0. The highest BCUT2D eigenvalue weighted by molar-refractivity contribution is 7.99. The largest absolute Gasteiger partial charge is 0.486 e. The molecule has 4 rings (SSSR count). The first-order chi connectivity index (χ1) is 15.9. The topological polar surface area (TPSA) is 57.0 Å². The molecule has 0 spiro atoms. The van der Waals surface area contributed by atoms with Crippen LogP contribution in [0.5, 0.6) is 5.75 Å². The lowest BCUT2D eigenvalue weighted by Gasteiger charge is -2.19. The molecule has 6 heteroatoms. The molecule has 33 heavy (non-hydrogen) atoms. The second-order valence-corrected chi connectivity index (χ2v) is 9.65. The maximum Gasteiger partial charge on any atom is 0.196 e. The molecule has 0 N–H and O–H groups in total. The van der Waals surface area contributed by atoms with Crippen molar-refractivity contribution in [2.45, 2.75) is 37.9 Å². The summed E-state index contributed by atoms with van der Waals surface area (Å²) in [6.45, 7) is 6.83. The molecule has 168 valence electrons. The first kappa shape index (κ1) is 22.8. The predicted molar refractivity (Wildman–Crippen MR) is 132 cm³/mol. The molecule has 0 amide bonds. The zero-order chi connectivity index (χ0) is 23.3. The molecule has 0 radical (unpaired) electrons. The lowest BCUT2D eigenvalue weighted by molar-refractivity contribution is 0.102. The monoisotopic (exact) mass is 457 g/mol. The number of rotatable bonds is 8. The Labute approximate surface area is 198 Å². The molecular formula is C27H27N3O2S. The molecule has 0 fully saturated rings. The fourth-order valence-corrected chi connectivity index (χ4v) is 4.23. The van der Waals surface area contributed by atoms with Crippen LogP contribution in [0.25, 0.3) is 5.69 Å². The van der Waals surface area contributed by atoms with Crippen LogP contribution in [-0.4, -0.2) is 26.3 Å². The van der Waals surface area contributed by atoms with Crippen LogP contribution in [0.4, 0.5) is 0 Å². The second kappa shape index (κ2) is 10.0. The Hall–Kier alpha value is -3.38. The Morgan fingerprint density at radius 2 is 1.52 bits per heavy atom. The SMILES string of the molecule is CC(C)(C)c1ccc(OCc2nnc(SCC(=O)c3ccccc3)n2-c2ccccc2)cc1. The summed E-state index contributed by atoms with van der Waals surface area (Å²) in [6.07, 6.45) is 0. The third-order valence-electron chi connectivity index (χ3n) is 5.23. The van der Waals surface area contributed by atoms with E-state index < -0.39 is 0 Å². The van der Waals surface area contributed by atoms with Gasteiger partial charge in [-0.15, -0.1) is 10.2 Å². The number of para-hydroxylation sites is 1. The summed E-state index contributed by atoms with van der Waals surface area (Å²) in [6, 6.07) is 27.3. The van der Waals surface area contributed by atoms with Crippen molar-refractivity contribution in [3.05, 3.63) is 102 Å². The second-order valence-electron chi connectivity index (χ2n) is 8.71. The number of carbonyl (C=O) groups is 1. The number of nitrogens with zero attached hydrogens (tertiary/aromatic N) is 3. The maximum atomic E-state index is 12.6. The fraction of sp³-hybridized carbons (Fsp3) is 0.222. The Bertz CT molecular complexity index is 1200. The molecular weight excluding hydrogens is 430 g/mol. The highest BCUT2D eigenvalue weighted by Gasteiger charge is 2.17. The number of ether oxygens (including phenoxy) is 1. The van der Waals surface area contributed by atoms with Gasteiger partial charge < -0.3 is 4.74 Å². The summed E-state index contributed by atoms with van der Waals surface area (Å²) in [4.78, 5) is 12.6. The van der Waals surface area contributed by atoms with Gasteiger partial charge in [0, 0.05) is 11.3 Å². The van der Waals surface area contributed by atoms with Gasteiger partial charge in [-0.1, -0.05) is 93.2 Å². The van der Waals surface area contributed by atoms with Gasteiger partial charge in [0.1, 0.15) is 12.4 Å². The summed E-state index contributed by atoms with van der Waals surface area (Å²) >= 11 is 1.38. The van der Waals surface area contributed by atoms with Crippen molar-refractivity contribution in [1.82, 2.24) is 14.8 Å². The molecule has 0 saturated carbocycles. The normalized spacial score (nSPS) is 11.4. The fourth-order valence-electron chi connectivity index (χ4n) is 3.36. The third kappa shape index (κ3) is 5.71. The number of benzene rings is 3. The molecule has 0 aliphatic heterocycles. The highest BCUT2D eigenvalue weighted by Crippen LogP contribution is 2.26. The lowest BCUT2D eigenvalue weighted by atomic mass is 9.87. The molecule has 0 atom stereocenters. The van der Waals surface area contributed by atoms with Crippen LogP contribution < -0.4 is 4.74 Å². The lowest BCUT2D eigenvalue weighted by Crippen LogP contribution is -2.11. The minimum atomic E-state index is 0.0555. The van der Waals surface area contributed by atoms with Gasteiger partial charge >= 0.3 is 0 Å². The molecule has 0 aliphatic rings. The van der Waals surface area contributed by atoms with Crippen LogP contribution in [-0.2, 0) is 12.0 Å². The molecule has 0 bridgehead atoms. The summed E-state index contributed by atoms with van der Waals surface area (Å²) in [5.41, 5.74) is 2.97. The van der Waals surface area contributed by atoms with Crippen LogP contribution >= 0.6 is 11.8 Å². The Balaban J connectivity index is 1.52. The van der Waals surface area contributed by atoms with Crippen molar-refractivity contribution in [3.63, 3.8) is 0 Å². The summed E-state index contributed by atoms with van der Waals surface area (Å²) in [7, 11) is 0. The van der Waals surface area contributed by atoms with Crippen LogP contribution in [0.2, 0.25) is 0 Å². The van der Waals surface area contributed by atoms with Gasteiger partial charge in [-0.05, 0) is 35.2 Å². The first-order valence-electron chi connectivity index (χ1n) is 10.9. The zero-order valence-corrected chi connectivity index (χ0v) is 19.9. The predicted octanol–water partition coefficient (Wildman–Crippen LogP) is 6.12. The minimum Gasteiger partial charge on any atom is -0.486 e. The molecule has 0 saturated heterocycles. The molecule has 3 aromatic carbocycles. The molecule has 1 heterocycles. The standard InChI is InChI=1S/C27H27N3O2S/c1-27(2,3)21-14-16-23(17-15-21)32-18-25-28-29-26(30(25)22-12-8-5-9-13-22)33-19-24(31)20-10-6-4-7-11-20/h4-17H,18-19H2,1-3H3. The van der Waals surface area contributed by atoms with Crippen LogP contribution in [0.3, 0.4) is 0 Å². The molecule has 1 aromatic heterocycles. The molecule has 4 aromatic rings. The van der Waals surface area contributed by atoms with Crippen molar-refractivity contribution in [2.75, 3.05) is 5.75 Å². The average Bonchev–Trinajstić information content (AvgIpc) is 3.25. The number of carbonyl (C=O) groups excluding carboxylic acids is 1. The average molecular weight is 458 g/mol. The van der Waals surface area contributed by atoms with Crippen molar-refractivity contribution < 1.29 is 9.53 Å². The summed E-state index contributed by atoms with van der Waals surface area (Å²) in [5.74, 6) is 1.79. The van der Waals surface area contributed by atoms with E-state index in [0.29, 0.717) is 16.5 Å². The van der Waals surface area contributed by atoms with E-state index >= 15 is 0 Å². The van der Waals surface area contributed by atoms with E-state index in [1.165, 1.54) is 17.3 Å². The van der Waals surface area contributed by atoms with Gasteiger partial charge in [-0.25, -0.2) is 0 Å². The summed E-state index contributed by atoms with van der Waals surface area (Å²) in [5, 5.41) is 9.39. The van der Waals surface area contributed by atoms with E-state index in [1.807, 2.05) is 77.4 Å². The van der Waals surface area contributed by atoms with Crippen LogP contribution in [0.1, 0.15) is 42.5 Å². The first-order valence-corrected chi connectivity index (χ1v) is 11.8. The van der Waals surface area contributed by atoms with E-state index in [1.54, 1.807) is 0 Å². The number of thioether (sulfide) groups is 1. The third-order valence-corrected chi connectivity index (χ3v) is 6.16. The minimum absolute atomic E-state index is 0.0555. The molecule has 0 unspecified atom stereocenters. The maximum absolute atomic E-state index is 12.6. The van der Waals surface area contributed by atoms with Gasteiger partial charge in [0.15, 0.2) is 16.8 Å². The van der Waals surface area contributed by atoms with E-state index in [4.69, 9.17) is 4.74 Å². The Morgan fingerprint density at radius 1 is 0.879 bits per heavy atom. The van der Waals surface area contributed by atoms with Crippen molar-refractivity contribution >= 4 is 17.5 Å². The summed E-state index contributed by atoms with van der Waals surface area (Å²) < 4.78 is 7.98. The van der Waals surface area contributed by atoms with E-state index in [2.05, 4.69) is 43.1 Å². The van der Waals surface area contributed by atoms with Crippen molar-refractivity contribution in [3.8, 4) is 11.4 Å². The Kier molecular flexibility index (Phi) is 6.94. The van der Waals surface area contributed by atoms with Gasteiger partial charge in [0.25, 0.3) is 0 Å². The number of aromatic nitrogens is 3. The van der Waals surface area contributed by atoms with Crippen molar-refractivity contribution in [1.29, 1.82) is 0 Å². The Morgan fingerprint density at radius 3 is 2.15 bits per heavy atom. The van der Waals surface area contributed by atoms with Gasteiger partial charge in [-0.2, -0.15) is 0 Å². The quantitative estimate of drug-likeness (QED) is 0.236. The number of hydrogen-bond acceptors (Lipinski definition) is 5. The number of ketones is 1. The van der Waals surface area contributed by atoms with Crippen LogP contribution in [0, 0.1) is 0 Å². The van der Waals surface area contributed by atoms with Gasteiger partial charge in [0.05, 0.1) is 5.75 Å². The highest BCUT2D eigenvalue weighted by atomic mass is 32.2. The molecule has 5 nitrogen and oxygen atoms in total. The van der Waals surface area contributed by atoms with Crippen LogP contribution in [0.15, 0.2) is 90.1 Å². The van der Waals surface area contributed by atoms with Crippen molar-refractivity contribution in [2.24, 2.45) is 0 Å². The van der Waals surface area contributed by atoms with E-state index in [0.717, 1.165) is 11.4 Å². The molecule has 0 aliphatic carbocycles. The zero-order valence-electron chi connectivity index (χ0n) is 19.1. The van der Waals surface area contributed by atoms with Gasteiger partial charge in [-0.3, -0.25) is 9.36 Å². The van der Waals surface area contributed by atoms with E-state index in [9.17, 15) is 4.79 Å².